The average molecular weight is 213 g/mol. The maximum atomic E-state index is 6.09. The molecule has 1 N–H and O–H groups in total. The summed E-state index contributed by atoms with van der Waals surface area (Å²) in [5.74, 6) is 0. The Bertz CT molecular complexity index is 168. The van der Waals surface area contributed by atoms with E-state index in [-0.39, 0.29) is 5.54 Å². The van der Waals surface area contributed by atoms with E-state index < -0.39 is 0 Å². The van der Waals surface area contributed by atoms with Crippen LogP contribution in [0.5, 0.6) is 0 Å². The van der Waals surface area contributed by atoms with Crippen LogP contribution in [0, 0.1) is 0 Å². The number of ether oxygens (including phenoxy) is 1. The molecule has 2 nitrogen and oxygen atoms in total. The van der Waals surface area contributed by atoms with Gasteiger partial charge in [-0.2, -0.15) is 0 Å². The molecule has 1 aliphatic rings. The first-order valence-electron chi connectivity index (χ1n) is 6.42. The highest BCUT2D eigenvalue weighted by atomic mass is 16.5. The Morgan fingerprint density at radius 2 is 1.87 bits per heavy atom. The molecule has 90 valence electrons. The Balaban J connectivity index is 2.22. The molecule has 0 aromatic rings. The quantitative estimate of drug-likeness (QED) is 0.757. The minimum absolute atomic E-state index is 0.201. The van der Waals surface area contributed by atoms with Crippen LogP contribution in [-0.2, 0) is 4.74 Å². The zero-order valence-corrected chi connectivity index (χ0v) is 10.8. The van der Waals surface area contributed by atoms with Crippen molar-refractivity contribution in [2.24, 2.45) is 0 Å². The van der Waals surface area contributed by atoms with Crippen molar-refractivity contribution in [1.82, 2.24) is 5.32 Å². The lowest BCUT2D eigenvalue weighted by atomic mass is 10.1. The van der Waals surface area contributed by atoms with Crippen LogP contribution < -0.4 is 5.32 Å². The fourth-order valence-electron chi connectivity index (χ4n) is 2.01. The van der Waals surface area contributed by atoms with Gasteiger partial charge in [-0.05, 0) is 40.0 Å². The third kappa shape index (κ3) is 5.53. The van der Waals surface area contributed by atoms with E-state index in [0.717, 1.165) is 13.0 Å². The van der Waals surface area contributed by atoms with Gasteiger partial charge in [-0.25, -0.2) is 0 Å². The third-order valence-electron chi connectivity index (χ3n) is 3.00. The monoisotopic (exact) mass is 213 g/mol. The molecule has 1 fully saturated rings. The molecular formula is C13H27NO. The smallest absolute Gasteiger partial charge is 0.0700 e. The van der Waals surface area contributed by atoms with Crippen molar-refractivity contribution in [3.63, 3.8) is 0 Å². The highest BCUT2D eigenvalue weighted by Crippen LogP contribution is 2.22. The molecule has 0 aromatic carbocycles. The van der Waals surface area contributed by atoms with Crippen LogP contribution in [0.4, 0.5) is 0 Å². The van der Waals surface area contributed by atoms with E-state index in [4.69, 9.17) is 4.74 Å². The van der Waals surface area contributed by atoms with Gasteiger partial charge in [0.05, 0.1) is 12.2 Å². The molecule has 1 unspecified atom stereocenters. The normalized spacial score (nSPS) is 20.8. The van der Waals surface area contributed by atoms with Crippen LogP contribution >= 0.6 is 0 Å². The highest BCUT2D eigenvalue weighted by molar-refractivity contribution is 4.75. The molecule has 2 heteroatoms. The number of nitrogens with one attached hydrogen (secondary N) is 1. The van der Waals surface area contributed by atoms with Crippen LogP contribution in [0.1, 0.15) is 59.8 Å². The first-order chi connectivity index (χ1) is 7.01. The number of hydrogen-bond donors (Lipinski definition) is 1. The average Bonchev–Trinajstić information content (AvgIpc) is 2.63. The molecular weight excluding hydrogens is 186 g/mol. The molecule has 0 amide bonds. The van der Waals surface area contributed by atoms with Crippen LogP contribution in [0.25, 0.3) is 0 Å². The molecule has 0 radical (unpaired) electrons. The summed E-state index contributed by atoms with van der Waals surface area (Å²) in [5, 5.41) is 3.52. The Morgan fingerprint density at radius 1 is 1.27 bits per heavy atom. The summed E-state index contributed by atoms with van der Waals surface area (Å²) in [5.41, 5.74) is 0.201. The molecule has 1 rings (SSSR count). The van der Waals surface area contributed by atoms with Gasteiger partial charge in [-0.3, -0.25) is 0 Å². The van der Waals surface area contributed by atoms with E-state index in [1.165, 1.54) is 25.7 Å². The van der Waals surface area contributed by atoms with E-state index in [1.54, 1.807) is 0 Å². The van der Waals surface area contributed by atoms with Crippen molar-refractivity contribution < 1.29 is 4.74 Å². The summed E-state index contributed by atoms with van der Waals surface area (Å²) in [6.07, 6.45) is 7.29. The summed E-state index contributed by atoms with van der Waals surface area (Å²) < 4.78 is 6.09. The van der Waals surface area contributed by atoms with E-state index in [2.05, 4.69) is 33.0 Å². The lowest BCUT2D eigenvalue weighted by molar-refractivity contribution is -0.0114. The largest absolute Gasteiger partial charge is 0.374 e. The van der Waals surface area contributed by atoms with E-state index in [1.807, 2.05) is 0 Å². The van der Waals surface area contributed by atoms with Gasteiger partial charge in [-0.15, -0.1) is 0 Å². The minimum Gasteiger partial charge on any atom is -0.374 e. The van der Waals surface area contributed by atoms with Crippen molar-refractivity contribution >= 4 is 0 Å². The number of rotatable bonds is 5. The highest BCUT2D eigenvalue weighted by Gasteiger charge is 2.20. The van der Waals surface area contributed by atoms with Crippen molar-refractivity contribution in [2.75, 3.05) is 6.54 Å². The van der Waals surface area contributed by atoms with Crippen molar-refractivity contribution in [3.05, 3.63) is 0 Å². The van der Waals surface area contributed by atoms with Crippen LogP contribution in [0.3, 0.4) is 0 Å². The molecule has 0 aliphatic heterocycles. The van der Waals surface area contributed by atoms with Gasteiger partial charge in [-0.1, -0.05) is 19.8 Å². The SMILES string of the molecule is CCC(CNC(C)(C)C)OC1CCCC1. The standard InChI is InChI=1S/C13H27NO/c1-5-11(10-14-13(2,3)4)15-12-8-6-7-9-12/h11-12,14H,5-10H2,1-4H3. The van der Waals surface area contributed by atoms with Gasteiger partial charge in [0.15, 0.2) is 0 Å². The van der Waals surface area contributed by atoms with E-state index >= 15 is 0 Å². The van der Waals surface area contributed by atoms with Gasteiger partial charge in [0.2, 0.25) is 0 Å². The summed E-state index contributed by atoms with van der Waals surface area (Å²) in [6.45, 7) is 9.81. The maximum absolute atomic E-state index is 6.09. The second-order valence-corrected chi connectivity index (χ2v) is 5.70. The van der Waals surface area contributed by atoms with Crippen LogP contribution in [-0.4, -0.2) is 24.3 Å². The first-order valence-corrected chi connectivity index (χ1v) is 6.42. The summed E-state index contributed by atoms with van der Waals surface area (Å²) in [6, 6.07) is 0. The predicted molar refractivity (Wildman–Crippen MR) is 65.2 cm³/mol. The number of hydrogen-bond acceptors (Lipinski definition) is 2. The molecule has 0 aromatic heterocycles. The fourth-order valence-corrected chi connectivity index (χ4v) is 2.01. The van der Waals surface area contributed by atoms with E-state index in [0.29, 0.717) is 12.2 Å². The zero-order chi connectivity index (χ0) is 11.3. The Kier molecular flexibility index (Phi) is 5.07. The molecule has 1 atom stereocenters. The Labute approximate surface area is 94.8 Å². The second kappa shape index (κ2) is 5.86. The molecule has 0 saturated heterocycles. The lowest BCUT2D eigenvalue weighted by Gasteiger charge is -2.26. The van der Waals surface area contributed by atoms with Crippen molar-refractivity contribution in [1.29, 1.82) is 0 Å². The molecule has 0 heterocycles. The van der Waals surface area contributed by atoms with Gasteiger partial charge in [0, 0.05) is 12.1 Å². The van der Waals surface area contributed by atoms with Gasteiger partial charge in [0.25, 0.3) is 0 Å². The van der Waals surface area contributed by atoms with Gasteiger partial charge < -0.3 is 10.1 Å². The second-order valence-electron chi connectivity index (χ2n) is 5.70. The van der Waals surface area contributed by atoms with Gasteiger partial charge >= 0.3 is 0 Å². The topological polar surface area (TPSA) is 21.3 Å². The third-order valence-corrected chi connectivity index (χ3v) is 3.00. The Morgan fingerprint density at radius 3 is 2.33 bits per heavy atom. The first kappa shape index (κ1) is 13.0. The molecule has 15 heavy (non-hydrogen) atoms. The fraction of sp³-hybridized carbons (Fsp3) is 1.00. The van der Waals surface area contributed by atoms with E-state index in [9.17, 15) is 0 Å². The van der Waals surface area contributed by atoms with Crippen molar-refractivity contribution in [2.45, 2.75) is 77.5 Å². The zero-order valence-electron chi connectivity index (χ0n) is 10.8. The molecule has 1 saturated carbocycles. The van der Waals surface area contributed by atoms with Crippen molar-refractivity contribution in [3.8, 4) is 0 Å². The molecule has 0 spiro atoms. The lowest BCUT2D eigenvalue weighted by Crippen LogP contribution is -2.42. The van der Waals surface area contributed by atoms with Crippen LogP contribution in [0.15, 0.2) is 0 Å². The summed E-state index contributed by atoms with van der Waals surface area (Å²) in [4.78, 5) is 0. The molecule has 0 bridgehead atoms. The minimum atomic E-state index is 0.201. The Hall–Kier alpha value is -0.0800. The van der Waals surface area contributed by atoms with Crippen LogP contribution in [0.2, 0.25) is 0 Å². The summed E-state index contributed by atoms with van der Waals surface area (Å²) in [7, 11) is 0. The maximum Gasteiger partial charge on any atom is 0.0700 e. The predicted octanol–water partition coefficient (Wildman–Crippen LogP) is 3.11. The van der Waals surface area contributed by atoms with Gasteiger partial charge in [0.1, 0.15) is 0 Å². The summed E-state index contributed by atoms with van der Waals surface area (Å²) >= 11 is 0. The molecule has 1 aliphatic carbocycles.